The molecule has 152 valence electrons. The van der Waals surface area contributed by atoms with Crippen molar-refractivity contribution < 1.29 is 19.8 Å². The third kappa shape index (κ3) is 20.0. The topological polar surface area (TPSA) is 86.6 Å². The first-order valence-electron chi connectivity index (χ1n) is 9.86. The number of carbonyl (C=O) groups excluding carboxylic acids is 1. The number of rotatable bonds is 16. The first kappa shape index (κ1) is 24.9. The van der Waals surface area contributed by atoms with Gasteiger partial charge in [0.1, 0.15) is 6.54 Å². The molecule has 1 unspecified atom stereocenters. The third-order valence-electron chi connectivity index (χ3n) is 3.75. The molecule has 5 nitrogen and oxygen atoms in total. The maximum Gasteiger partial charge on any atom is 0.322 e. The number of carboxylic acid groups (broad SMARTS) is 1. The van der Waals surface area contributed by atoms with Gasteiger partial charge in [-0.05, 0) is 38.5 Å². The van der Waals surface area contributed by atoms with E-state index in [0.717, 1.165) is 19.3 Å². The Balaban J connectivity index is 3.66. The molecule has 0 aromatic rings. The number of allylic oxidation sites excluding steroid dienone is 6. The van der Waals surface area contributed by atoms with Crippen molar-refractivity contribution in [2.24, 2.45) is 0 Å². The zero-order valence-corrected chi connectivity index (χ0v) is 16.5. The minimum absolute atomic E-state index is 0.231. The summed E-state index contributed by atoms with van der Waals surface area (Å²) in [6, 6.07) is 0. The largest absolute Gasteiger partial charge is 0.480 e. The molecule has 0 aliphatic heterocycles. The second kappa shape index (κ2) is 18.6. The Labute approximate surface area is 163 Å². The highest BCUT2D eigenvalue weighted by atomic mass is 16.4. The molecule has 0 aliphatic rings. The average Bonchev–Trinajstić information content (AvgIpc) is 2.64. The Hall–Kier alpha value is -2.14. The van der Waals surface area contributed by atoms with Crippen LogP contribution in [0, 0.1) is 0 Å². The second-order valence-electron chi connectivity index (χ2n) is 6.35. The lowest BCUT2D eigenvalue weighted by atomic mass is 10.1. The molecule has 0 fully saturated rings. The summed E-state index contributed by atoms with van der Waals surface area (Å²) >= 11 is 0. The molecule has 1 amide bonds. The number of aliphatic carboxylic acids is 1. The van der Waals surface area contributed by atoms with E-state index >= 15 is 0 Å². The number of nitrogens with one attached hydrogen (secondary N) is 1. The van der Waals surface area contributed by atoms with E-state index in [1.807, 2.05) is 36.5 Å². The number of amides is 1. The van der Waals surface area contributed by atoms with Crippen LogP contribution in [0.2, 0.25) is 0 Å². The SMILES string of the molecule is CCCCCC=CCC(O)C=CC=CCC=CCCCC(=O)NCC(=O)O. The van der Waals surface area contributed by atoms with Crippen LogP contribution in [0.25, 0.3) is 0 Å². The van der Waals surface area contributed by atoms with Crippen molar-refractivity contribution in [3.63, 3.8) is 0 Å². The van der Waals surface area contributed by atoms with E-state index in [1.165, 1.54) is 19.3 Å². The lowest BCUT2D eigenvalue weighted by Crippen LogP contribution is -2.28. The van der Waals surface area contributed by atoms with Crippen LogP contribution in [0.4, 0.5) is 0 Å². The zero-order chi connectivity index (χ0) is 20.2. The van der Waals surface area contributed by atoms with E-state index in [0.29, 0.717) is 19.3 Å². The van der Waals surface area contributed by atoms with Gasteiger partial charge in [-0.1, -0.05) is 68.4 Å². The first-order valence-corrected chi connectivity index (χ1v) is 9.86. The van der Waals surface area contributed by atoms with Crippen LogP contribution >= 0.6 is 0 Å². The van der Waals surface area contributed by atoms with Crippen molar-refractivity contribution in [2.75, 3.05) is 6.54 Å². The predicted molar refractivity (Wildman–Crippen MR) is 110 cm³/mol. The third-order valence-corrected chi connectivity index (χ3v) is 3.75. The molecule has 3 N–H and O–H groups in total. The zero-order valence-electron chi connectivity index (χ0n) is 16.5. The minimum Gasteiger partial charge on any atom is -0.480 e. The second-order valence-corrected chi connectivity index (χ2v) is 6.35. The molecule has 0 bridgehead atoms. The molecule has 1 atom stereocenters. The molecule has 0 saturated heterocycles. The van der Waals surface area contributed by atoms with Gasteiger partial charge in [-0.2, -0.15) is 0 Å². The summed E-state index contributed by atoms with van der Waals surface area (Å²) in [4.78, 5) is 21.6. The van der Waals surface area contributed by atoms with Gasteiger partial charge in [0.05, 0.1) is 6.10 Å². The summed E-state index contributed by atoms with van der Waals surface area (Å²) in [7, 11) is 0. The molecule has 5 heteroatoms. The van der Waals surface area contributed by atoms with Crippen LogP contribution in [0.3, 0.4) is 0 Å². The van der Waals surface area contributed by atoms with Crippen LogP contribution in [-0.2, 0) is 9.59 Å². The standard InChI is InChI=1S/C22H35NO4/c1-2-3-4-5-10-13-16-20(24)17-14-11-8-6-7-9-12-15-18-21(25)23-19-22(26)27/h7-11,13-14,17,20,24H,2-6,12,15-16,18-19H2,1H3,(H,23,25)(H,26,27). The van der Waals surface area contributed by atoms with Gasteiger partial charge in [-0.3, -0.25) is 9.59 Å². The van der Waals surface area contributed by atoms with Crippen LogP contribution in [0.5, 0.6) is 0 Å². The fraction of sp³-hybridized carbons (Fsp3) is 0.545. The van der Waals surface area contributed by atoms with Gasteiger partial charge in [0, 0.05) is 6.42 Å². The van der Waals surface area contributed by atoms with Gasteiger partial charge in [0.2, 0.25) is 5.91 Å². The first-order chi connectivity index (χ1) is 13.1. The number of hydrogen-bond donors (Lipinski definition) is 3. The van der Waals surface area contributed by atoms with Gasteiger partial charge in [-0.25, -0.2) is 0 Å². The summed E-state index contributed by atoms with van der Waals surface area (Å²) in [5, 5.41) is 20.6. The average molecular weight is 378 g/mol. The van der Waals surface area contributed by atoms with Crippen molar-refractivity contribution in [3.05, 3.63) is 48.6 Å². The molecule has 0 spiro atoms. The summed E-state index contributed by atoms with van der Waals surface area (Å²) in [5.74, 6) is -1.26. The highest BCUT2D eigenvalue weighted by Crippen LogP contribution is 2.02. The van der Waals surface area contributed by atoms with Crippen molar-refractivity contribution in [2.45, 2.75) is 70.8 Å². The minimum atomic E-state index is -1.03. The molecule has 0 radical (unpaired) electrons. The summed E-state index contributed by atoms with van der Waals surface area (Å²) in [6.45, 7) is 1.87. The Morgan fingerprint density at radius 3 is 2.44 bits per heavy atom. The molecule has 0 heterocycles. The van der Waals surface area contributed by atoms with Gasteiger partial charge < -0.3 is 15.5 Å². The van der Waals surface area contributed by atoms with E-state index in [1.54, 1.807) is 6.08 Å². The molecule has 27 heavy (non-hydrogen) atoms. The number of unbranched alkanes of at least 4 members (excludes halogenated alkanes) is 4. The predicted octanol–water partition coefficient (Wildman–Crippen LogP) is 4.30. The summed E-state index contributed by atoms with van der Waals surface area (Å²) in [5.41, 5.74) is 0. The maximum atomic E-state index is 11.3. The monoisotopic (exact) mass is 377 g/mol. The van der Waals surface area contributed by atoms with Gasteiger partial charge in [-0.15, -0.1) is 0 Å². The van der Waals surface area contributed by atoms with Crippen LogP contribution in [-0.4, -0.2) is 34.7 Å². The summed E-state index contributed by atoms with van der Waals surface area (Å²) < 4.78 is 0. The fourth-order valence-electron chi connectivity index (χ4n) is 2.23. The van der Waals surface area contributed by atoms with E-state index in [4.69, 9.17) is 5.11 Å². The fourth-order valence-corrected chi connectivity index (χ4v) is 2.23. The van der Waals surface area contributed by atoms with Crippen molar-refractivity contribution in [1.29, 1.82) is 0 Å². The van der Waals surface area contributed by atoms with E-state index < -0.39 is 12.1 Å². The van der Waals surface area contributed by atoms with Crippen LogP contribution < -0.4 is 5.32 Å². The van der Waals surface area contributed by atoms with E-state index in [-0.39, 0.29) is 12.5 Å². The molecular formula is C22H35NO4. The van der Waals surface area contributed by atoms with E-state index in [9.17, 15) is 14.7 Å². The van der Waals surface area contributed by atoms with Gasteiger partial charge in [0.25, 0.3) is 0 Å². The van der Waals surface area contributed by atoms with Crippen molar-refractivity contribution >= 4 is 11.9 Å². The number of hydrogen-bond acceptors (Lipinski definition) is 3. The number of carbonyl (C=O) groups is 2. The van der Waals surface area contributed by atoms with Gasteiger partial charge >= 0.3 is 5.97 Å². The highest BCUT2D eigenvalue weighted by molar-refractivity contribution is 5.80. The Kier molecular flexibility index (Phi) is 17.2. The number of aliphatic hydroxyl groups excluding tert-OH is 1. The summed E-state index contributed by atoms with van der Waals surface area (Å²) in [6.07, 6.45) is 23.4. The smallest absolute Gasteiger partial charge is 0.322 e. The van der Waals surface area contributed by atoms with Crippen LogP contribution in [0.1, 0.15) is 64.7 Å². The molecule has 0 aromatic carbocycles. The normalized spacial score (nSPS) is 13.3. The van der Waals surface area contributed by atoms with Crippen molar-refractivity contribution in [3.8, 4) is 0 Å². The lowest BCUT2D eigenvalue weighted by Gasteiger charge is -2.00. The lowest BCUT2D eigenvalue weighted by molar-refractivity contribution is -0.137. The Bertz CT molecular complexity index is 506. The quantitative estimate of drug-likeness (QED) is 0.213. The number of aliphatic hydroxyl groups is 1. The van der Waals surface area contributed by atoms with Crippen LogP contribution in [0.15, 0.2) is 48.6 Å². The molecule has 0 saturated carbocycles. The Morgan fingerprint density at radius 1 is 0.963 bits per heavy atom. The maximum absolute atomic E-state index is 11.3. The number of carboxylic acids is 1. The van der Waals surface area contributed by atoms with Gasteiger partial charge in [0.15, 0.2) is 0 Å². The molecule has 0 aliphatic carbocycles. The molecular weight excluding hydrogens is 342 g/mol. The Morgan fingerprint density at radius 2 is 1.70 bits per heavy atom. The van der Waals surface area contributed by atoms with E-state index in [2.05, 4.69) is 18.3 Å². The highest BCUT2D eigenvalue weighted by Gasteiger charge is 2.02. The van der Waals surface area contributed by atoms with Crippen molar-refractivity contribution in [1.82, 2.24) is 5.32 Å². The molecule has 0 rings (SSSR count). The molecule has 0 aromatic heterocycles.